The van der Waals surface area contributed by atoms with E-state index in [1.54, 1.807) is 45.2 Å². The molecule has 0 amide bonds. The first-order valence-electron chi connectivity index (χ1n) is 9.50. The zero-order valence-electron chi connectivity index (χ0n) is 17.9. The summed E-state index contributed by atoms with van der Waals surface area (Å²) in [4.78, 5) is 16.9. The first-order valence-corrected chi connectivity index (χ1v) is 10.3. The molecule has 0 spiro atoms. The third kappa shape index (κ3) is 4.35. The molecular weight excluding hydrogens is 405 g/mol. The Morgan fingerprint density at radius 1 is 1.33 bits per heavy atom. The smallest absolute Gasteiger partial charge is 0.354 e. The van der Waals surface area contributed by atoms with Gasteiger partial charge in [-0.25, -0.2) is 14.3 Å². The van der Waals surface area contributed by atoms with Crippen LogP contribution < -0.4 is 10.2 Å². The molecule has 3 aromatic rings. The molecule has 0 aliphatic carbocycles. The molecule has 1 radical (unpaired) electrons. The fraction of sp³-hybridized carbons (Fsp3) is 0.450. The lowest BCUT2D eigenvalue weighted by molar-refractivity contribution is -0.0893. The predicted octanol–water partition coefficient (Wildman–Crippen LogP) is 2.45. The molecule has 3 rings (SSSR count). The van der Waals surface area contributed by atoms with E-state index >= 15 is 0 Å². The van der Waals surface area contributed by atoms with Crippen LogP contribution in [0.1, 0.15) is 44.3 Å². The number of esters is 1. The number of carbonyl (C=O) groups excluding carboxylic acids is 1. The lowest BCUT2D eigenvalue weighted by Gasteiger charge is -2.37. The van der Waals surface area contributed by atoms with Crippen molar-refractivity contribution in [3.8, 4) is 16.5 Å². The summed E-state index contributed by atoms with van der Waals surface area (Å²) in [6.07, 6.45) is 3.49. The van der Waals surface area contributed by atoms with Gasteiger partial charge in [-0.05, 0) is 52.2 Å². The minimum Gasteiger partial charge on any atom is -0.480 e. The molecule has 0 fully saturated rings. The Kier molecular flexibility index (Phi) is 6.21. The van der Waals surface area contributed by atoms with Crippen LogP contribution in [0.4, 0.5) is 0 Å². The number of rotatable bonds is 8. The number of hydrogen-bond acceptors (Lipinski definition) is 8. The quantitative estimate of drug-likeness (QED) is 0.433. The maximum atomic E-state index is 12.2. The standard InChI is InChI=1S/C20H25BN3O5S/c1-7-28-18(25)15-16(27-6)23-17(30-15)12-8-9-24-14(10-12)13(11-22-24)21-29-20(4,5)19(2,3)26/h8-11,26H,7H2,1-6H3. The zero-order valence-corrected chi connectivity index (χ0v) is 18.7. The number of nitrogens with zero attached hydrogens (tertiary/aromatic N) is 3. The Morgan fingerprint density at radius 3 is 2.70 bits per heavy atom. The number of aliphatic hydroxyl groups is 1. The third-order valence-corrected chi connectivity index (χ3v) is 6.07. The molecule has 0 saturated carbocycles. The average Bonchev–Trinajstić information content (AvgIpc) is 3.29. The van der Waals surface area contributed by atoms with Crippen LogP contribution in [0.2, 0.25) is 0 Å². The molecule has 0 aliphatic rings. The minimum atomic E-state index is -1.03. The van der Waals surface area contributed by atoms with Crippen molar-refractivity contribution >= 4 is 35.8 Å². The van der Waals surface area contributed by atoms with E-state index in [9.17, 15) is 9.90 Å². The zero-order chi connectivity index (χ0) is 22.1. The molecule has 8 nitrogen and oxygen atoms in total. The van der Waals surface area contributed by atoms with Crippen LogP contribution in [0.25, 0.3) is 16.1 Å². The van der Waals surface area contributed by atoms with Gasteiger partial charge in [0.25, 0.3) is 0 Å². The molecule has 10 heteroatoms. The second-order valence-electron chi connectivity index (χ2n) is 7.73. The molecule has 0 aliphatic heterocycles. The van der Waals surface area contributed by atoms with Crippen molar-refractivity contribution in [2.45, 2.75) is 45.8 Å². The third-order valence-electron chi connectivity index (χ3n) is 5.00. The van der Waals surface area contributed by atoms with Gasteiger partial charge in [0.2, 0.25) is 5.88 Å². The molecule has 3 heterocycles. The number of carbonyl (C=O) groups is 1. The summed E-state index contributed by atoms with van der Waals surface area (Å²) in [5.74, 6) is -0.219. The molecule has 0 unspecified atom stereocenters. The van der Waals surface area contributed by atoms with Crippen LogP contribution in [0.15, 0.2) is 24.5 Å². The number of ether oxygens (including phenoxy) is 2. The highest BCUT2D eigenvalue weighted by molar-refractivity contribution is 7.17. The monoisotopic (exact) mass is 430 g/mol. The Labute approximate surface area is 180 Å². The van der Waals surface area contributed by atoms with Gasteiger partial charge < -0.3 is 19.2 Å². The highest BCUT2D eigenvalue weighted by atomic mass is 32.1. The Balaban J connectivity index is 1.92. The summed E-state index contributed by atoms with van der Waals surface area (Å²) in [7, 11) is 3.06. The summed E-state index contributed by atoms with van der Waals surface area (Å²) in [6, 6.07) is 3.77. The van der Waals surface area contributed by atoms with Crippen molar-refractivity contribution in [3.63, 3.8) is 0 Å². The number of pyridine rings is 1. The summed E-state index contributed by atoms with van der Waals surface area (Å²) in [6.45, 7) is 9.06. The summed E-state index contributed by atoms with van der Waals surface area (Å²) < 4.78 is 17.9. The molecule has 0 aromatic carbocycles. The van der Waals surface area contributed by atoms with Gasteiger partial charge in [0.05, 0.1) is 30.4 Å². The summed E-state index contributed by atoms with van der Waals surface area (Å²) in [5, 5.41) is 15.3. The van der Waals surface area contributed by atoms with Crippen molar-refractivity contribution in [2.75, 3.05) is 13.7 Å². The van der Waals surface area contributed by atoms with Gasteiger partial charge in [0, 0.05) is 18.0 Å². The fourth-order valence-electron chi connectivity index (χ4n) is 2.47. The van der Waals surface area contributed by atoms with Crippen LogP contribution in [0, 0.1) is 0 Å². The lowest BCUT2D eigenvalue weighted by atomic mass is 9.83. The van der Waals surface area contributed by atoms with Crippen molar-refractivity contribution in [2.24, 2.45) is 0 Å². The maximum absolute atomic E-state index is 12.2. The predicted molar refractivity (Wildman–Crippen MR) is 116 cm³/mol. The van der Waals surface area contributed by atoms with E-state index in [-0.39, 0.29) is 12.5 Å². The van der Waals surface area contributed by atoms with E-state index in [0.717, 1.165) is 16.5 Å². The van der Waals surface area contributed by atoms with Crippen molar-refractivity contribution < 1.29 is 24.0 Å². The topological polar surface area (TPSA) is 95.2 Å². The molecule has 0 bridgehead atoms. The molecule has 0 saturated heterocycles. The first-order chi connectivity index (χ1) is 14.1. The van der Waals surface area contributed by atoms with Gasteiger partial charge in [0.15, 0.2) is 4.88 Å². The number of hydrogen-bond donors (Lipinski definition) is 1. The minimum absolute atomic E-state index is 0.240. The normalized spacial score (nSPS) is 12.2. The highest BCUT2D eigenvalue weighted by Crippen LogP contribution is 2.33. The fourth-order valence-corrected chi connectivity index (χ4v) is 3.40. The Morgan fingerprint density at radius 2 is 2.07 bits per heavy atom. The van der Waals surface area contributed by atoms with Crippen molar-refractivity contribution in [1.82, 2.24) is 14.6 Å². The lowest BCUT2D eigenvalue weighted by Crippen LogP contribution is -2.49. The van der Waals surface area contributed by atoms with E-state index in [1.165, 1.54) is 18.4 Å². The van der Waals surface area contributed by atoms with E-state index in [1.807, 2.05) is 26.0 Å². The summed E-state index contributed by atoms with van der Waals surface area (Å²) >= 11 is 1.21. The van der Waals surface area contributed by atoms with Crippen LogP contribution in [-0.4, -0.2) is 58.1 Å². The van der Waals surface area contributed by atoms with Gasteiger partial charge in [-0.1, -0.05) is 0 Å². The molecule has 3 aromatic heterocycles. The number of aromatic nitrogens is 3. The van der Waals surface area contributed by atoms with Crippen molar-refractivity contribution in [3.05, 3.63) is 29.4 Å². The molecule has 159 valence electrons. The van der Waals surface area contributed by atoms with Gasteiger partial charge >= 0.3 is 13.5 Å². The van der Waals surface area contributed by atoms with Crippen LogP contribution >= 0.6 is 11.3 Å². The van der Waals surface area contributed by atoms with Gasteiger partial charge in [-0.2, -0.15) is 5.10 Å². The van der Waals surface area contributed by atoms with E-state index in [2.05, 4.69) is 10.1 Å². The highest BCUT2D eigenvalue weighted by Gasteiger charge is 2.36. The van der Waals surface area contributed by atoms with Gasteiger partial charge in [0.1, 0.15) is 5.01 Å². The first kappa shape index (κ1) is 22.3. The maximum Gasteiger partial charge on any atom is 0.354 e. The van der Waals surface area contributed by atoms with Crippen LogP contribution in [0.3, 0.4) is 0 Å². The number of methoxy groups -OCH3 is 1. The van der Waals surface area contributed by atoms with E-state index < -0.39 is 17.2 Å². The Bertz CT molecular complexity index is 1050. The molecular formula is C20H25BN3O5S. The Hall–Kier alpha value is -2.43. The van der Waals surface area contributed by atoms with Gasteiger partial charge in [-0.3, -0.25) is 0 Å². The molecule has 30 heavy (non-hydrogen) atoms. The van der Waals surface area contributed by atoms with Crippen LogP contribution in [0.5, 0.6) is 5.88 Å². The number of fused-ring (bicyclic) bond motifs is 1. The van der Waals surface area contributed by atoms with E-state index in [4.69, 9.17) is 14.1 Å². The van der Waals surface area contributed by atoms with E-state index in [0.29, 0.717) is 9.88 Å². The molecule has 0 atom stereocenters. The SMILES string of the molecule is CCOC(=O)c1sc(-c2ccn3ncc([B]OC(C)(C)C(C)(C)O)c3c2)nc1OC. The van der Waals surface area contributed by atoms with Crippen LogP contribution in [-0.2, 0) is 9.39 Å². The largest absolute Gasteiger partial charge is 0.480 e. The second-order valence-corrected chi connectivity index (χ2v) is 8.73. The molecule has 1 N–H and O–H groups in total. The average molecular weight is 430 g/mol. The van der Waals surface area contributed by atoms with Gasteiger partial charge in [-0.15, -0.1) is 11.3 Å². The second kappa shape index (κ2) is 8.37. The number of thiazole rings is 1. The summed E-state index contributed by atoms with van der Waals surface area (Å²) in [5.41, 5.74) is 0.529. The van der Waals surface area contributed by atoms with Crippen molar-refractivity contribution in [1.29, 1.82) is 0 Å².